The fraction of sp³-hybridized carbons (Fsp3) is 0.417. The van der Waals surface area contributed by atoms with E-state index in [2.05, 4.69) is 21.2 Å². The van der Waals surface area contributed by atoms with Gasteiger partial charge in [-0.2, -0.15) is 0 Å². The Morgan fingerprint density at radius 2 is 2.00 bits per heavy atom. The molecule has 5 heteroatoms. The zero-order valence-electron chi connectivity index (χ0n) is 10.2. The van der Waals surface area contributed by atoms with E-state index in [0.29, 0.717) is 0 Å². The summed E-state index contributed by atoms with van der Waals surface area (Å²) < 4.78 is 0.975. The van der Waals surface area contributed by atoms with Crippen molar-refractivity contribution in [3.63, 3.8) is 0 Å². The number of hydrogen-bond donors (Lipinski definition) is 2. The van der Waals surface area contributed by atoms with Crippen LogP contribution in [-0.2, 0) is 4.79 Å². The summed E-state index contributed by atoms with van der Waals surface area (Å²) in [4.78, 5) is 11.8. The van der Waals surface area contributed by atoms with Gasteiger partial charge in [0.2, 0.25) is 5.91 Å². The van der Waals surface area contributed by atoms with Crippen LogP contribution in [0.15, 0.2) is 22.7 Å². The summed E-state index contributed by atoms with van der Waals surface area (Å²) in [5.41, 5.74) is 7.58. The van der Waals surface area contributed by atoms with Crippen LogP contribution in [0.2, 0.25) is 0 Å². The Kier molecular flexibility index (Phi) is 6.75. The van der Waals surface area contributed by atoms with Gasteiger partial charge in [0, 0.05) is 10.2 Å². The standard InChI is InChI=1S/C12H17BrN2O.ClH/c1-7(2)11(14)12(16)15-10-6-4-5-9(13)8(10)3;/h4-7,11H,14H2,1-3H3,(H,15,16);1H. The van der Waals surface area contributed by atoms with E-state index >= 15 is 0 Å². The molecular formula is C12H18BrClN2O. The number of halogens is 2. The van der Waals surface area contributed by atoms with Gasteiger partial charge in [-0.25, -0.2) is 0 Å². The maximum absolute atomic E-state index is 11.8. The van der Waals surface area contributed by atoms with Gasteiger partial charge >= 0.3 is 0 Å². The predicted octanol–water partition coefficient (Wildman–Crippen LogP) is 3.10. The first-order valence-corrected chi connectivity index (χ1v) is 6.04. The highest BCUT2D eigenvalue weighted by Gasteiger charge is 2.17. The first-order chi connectivity index (χ1) is 7.43. The van der Waals surface area contributed by atoms with Gasteiger partial charge in [-0.1, -0.05) is 35.8 Å². The Balaban J connectivity index is 0.00000256. The largest absolute Gasteiger partial charge is 0.324 e. The Labute approximate surface area is 117 Å². The molecule has 0 bridgehead atoms. The molecule has 96 valence electrons. The van der Waals surface area contributed by atoms with Crippen LogP contribution in [0, 0.1) is 12.8 Å². The lowest BCUT2D eigenvalue weighted by Crippen LogP contribution is -2.39. The number of benzene rings is 1. The quantitative estimate of drug-likeness (QED) is 0.899. The van der Waals surface area contributed by atoms with E-state index in [1.54, 1.807) is 0 Å². The molecule has 0 spiro atoms. The minimum Gasteiger partial charge on any atom is -0.324 e. The van der Waals surface area contributed by atoms with Crippen LogP contribution in [0.5, 0.6) is 0 Å². The molecule has 0 radical (unpaired) electrons. The number of nitrogens with two attached hydrogens (primary N) is 1. The Hall–Kier alpha value is -0.580. The second-order valence-corrected chi connectivity index (χ2v) is 5.03. The summed E-state index contributed by atoms with van der Waals surface area (Å²) in [7, 11) is 0. The Morgan fingerprint density at radius 3 is 2.53 bits per heavy atom. The summed E-state index contributed by atoms with van der Waals surface area (Å²) >= 11 is 3.42. The molecule has 1 atom stereocenters. The third-order valence-electron chi connectivity index (χ3n) is 2.55. The molecule has 3 N–H and O–H groups in total. The Morgan fingerprint density at radius 1 is 1.41 bits per heavy atom. The molecule has 1 aromatic rings. The van der Waals surface area contributed by atoms with E-state index in [0.717, 1.165) is 15.7 Å². The zero-order valence-corrected chi connectivity index (χ0v) is 12.6. The lowest BCUT2D eigenvalue weighted by Gasteiger charge is -2.16. The lowest BCUT2D eigenvalue weighted by molar-refractivity contribution is -0.118. The van der Waals surface area contributed by atoms with Crippen molar-refractivity contribution < 1.29 is 4.79 Å². The van der Waals surface area contributed by atoms with E-state index in [1.165, 1.54) is 0 Å². The smallest absolute Gasteiger partial charge is 0.241 e. The number of carbonyl (C=O) groups is 1. The van der Waals surface area contributed by atoms with Crippen molar-refractivity contribution in [3.05, 3.63) is 28.2 Å². The average molecular weight is 322 g/mol. The molecule has 0 aliphatic heterocycles. The van der Waals surface area contributed by atoms with E-state index in [-0.39, 0.29) is 24.2 Å². The van der Waals surface area contributed by atoms with E-state index in [9.17, 15) is 4.79 Å². The molecule has 0 saturated heterocycles. The number of anilines is 1. The van der Waals surface area contributed by atoms with Crippen molar-refractivity contribution in [1.29, 1.82) is 0 Å². The zero-order chi connectivity index (χ0) is 12.3. The van der Waals surface area contributed by atoms with Gasteiger partial charge in [0.15, 0.2) is 0 Å². The maximum atomic E-state index is 11.8. The third-order valence-corrected chi connectivity index (χ3v) is 3.41. The van der Waals surface area contributed by atoms with Crippen molar-refractivity contribution in [2.75, 3.05) is 5.32 Å². The molecule has 1 unspecified atom stereocenters. The molecule has 0 heterocycles. The van der Waals surface area contributed by atoms with Crippen LogP contribution < -0.4 is 11.1 Å². The van der Waals surface area contributed by atoms with Crippen LogP contribution in [-0.4, -0.2) is 11.9 Å². The minimum atomic E-state index is -0.474. The van der Waals surface area contributed by atoms with Crippen molar-refractivity contribution in [2.45, 2.75) is 26.8 Å². The summed E-state index contributed by atoms with van der Waals surface area (Å²) in [6.45, 7) is 5.80. The number of rotatable bonds is 3. The second-order valence-electron chi connectivity index (χ2n) is 4.17. The molecule has 3 nitrogen and oxygen atoms in total. The van der Waals surface area contributed by atoms with Gasteiger partial charge in [-0.05, 0) is 30.5 Å². The number of nitrogens with one attached hydrogen (secondary N) is 1. The van der Waals surface area contributed by atoms with Crippen molar-refractivity contribution in [1.82, 2.24) is 0 Å². The highest BCUT2D eigenvalue weighted by molar-refractivity contribution is 9.10. The first-order valence-electron chi connectivity index (χ1n) is 5.25. The van der Waals surface area contributed by atoms with Gasteiger partial charge in [0.25, 0.3) is 0 Å². The first kappa shape index (κ1) is 16.4. The molecule has 0 saturated carbocycles. The number of carbonyl (C=O) groups excluding carboxylic acids is 1. The monoisotopic (exact) mass is 320 g/mol. The minimum absolute atomic E-state index is 0. The predicted molar refractivity (Wildman–Crippen MR) is 77.6 cm³/mol. The highest BCUT2D eigenvalue weighted by atomic mass is 79.9. The van der Waals surface area contributed by atoms with Crippen molar-refractivity contribution >= 4 is 39.9 Å². The molecular weight excluding hydrogens is 304 g/mol. The van der Waals surface area contributed by atoms with Gasteiger partial charge in [-0.3, -0.25) is 4.79 Å². The molecule has 1 amide bonds. The Bertz CT molecular complexity index is 396. The van der Waals surface area contributed by atoms with Crippen LogP contribution in [0.1, 0.15) is 19.4 Å². The SMILES string of the molecule is Cc1c(Br)cccc1NC(=O)C(N)C(C)C.Cl. The van der Waals surface area contributed by atoms with Gasteiger partial charge in [0.1, 0.15) is 0 Å². The van der Waals surface area contributed by atoms with E-state index in [4.69, 9.17) is 5.73 Å². The third kappa shape index (κ3) is 4.30. The second kappa shape index (κ2) is 6.99. The average Bonchev–Trinajstić information content (AvgIpc) is 2.23. The highest BCUT2D eigenvalue weighted by Crippen LogP contribution is 2.23. The summed E-state index contributed by atoms with van der Waals surface area (Å²) in [5, 5.41) is 2.84. The number of hydrogen-bond acceptors (Lipinski definition) is 2. The fourth-order valence-electron chi connectivity index (χ4n) is 1.26. The van der Waals surface area contributed by atoms with Crippen LogP contribution in [0.3, 0.4) is 0 Å². The van der Waals surface area contributed by atoms with E-state index < -0.39 is 6.04 Å². The summed E-state index contributed by atoms with van der Waals surface area (Å²) in [6.07, 6.45) is 0. The molecule has 0 aliphatic carbocycles. The normalized spacial score (nSPS) is 11.9. The molecule has 0 fully saturated rings. The molecule has 0 aromatic heterocycles. The van der Waals surface area contributed by atoms with Crippen LogP contribution in [0.25, 0.3) is 0 Å². The lowest BCUT2D eigenvalue weighted by atomic mass is 10.0. The summed E-state index contributed by atoms with van der Waals surface area (Å²) in [5.74, 6) is -0.0105. The molecule has 0 aliphatic rings. The van der Waals surface area contributed by atoms with Crippen LogP contribution in [0.4, 0.5) is 5.69 Å². The van der Waals surface area contributed by atoms with Crippen molar-refractivity contribution in [2.24, 2.45) is 11.7 Å². The number of amides is 1. The molecule has 1 aromatic carbocycles. The van der Waals surface area contributed by atoms with Gasteiger partial charge in [0.05, 0.1) is 6.04 Å². The molecule has 1 rings (SSSR count). The van der Waals surface area contributed by atoms with Gasteiger partial charge < -0.3 is 11.1 Å². The summed E-state index contributed by atoms with van der Waals surface area (Å²) in [6, 6.07) is 5.21. The van der Waals surface area contributed by atoms with E-state index in [1.807, 2.05) is 39.0 Å². The maximum Gasteiger partial charge on any atom is 0.241 e. The van der Waals surface area contributed by atoms with Gasteiger partial charge in [-0.15, -0.1) is 12.4 Å². The molecule has 17 heavy (non-hydrogen) atoms. The fourth-order valence-corrected chi connectivity index (χ4v) is 1.63. The van der Waals surface area contributed by atoms with Crippen LogP contribution >= 0.6 is 28.3 Å². The topological polar surface area (TPSA) is 55.1 Å². The van der Waals surface area contributed by atoms with Crippen molar-refractivity contribution in [3.8, 4) is 0 Å².